The van der Waals surface area contributed by atoms with Gasteiger partial charge in [0.05, 0.1) is 7.11 Å². The van der Waals surface area contributed by atoms with Crippen LogP contribution in [-0.4, -0.2) is 31.1 Å². The molecule has 1 aromatic rings. The summed E-state index contributed by atoms with van der Waals surface area (Å²) >= 11 is 0. The molecule has 0 aromatic heterocycles. The molecule has 1 aromatic carbocycles. The number of hydrogen-bond acceptors (Lipinski definition) is 3. The van der Waals surface area contributed by atoms with Gasteiger partial charge in [-0.05, 0) is 56.0 Å². The molecule has 1 saturated heterocycles. The quantitative estimate of drug-likeness (QED) is 0.870. The Labute approximate surface area is 129 Å². The topological polar surface area (TPSA) is 38.5 Å². The first-order valence-electron chi connectivity index (χ1n) is 8.33. The van der Waals surface area contributed by atoms with Crippen molar-refractivity contribution in [3.8, 4) is 5.75 Å². The Morgan fingerprint density at radius 1 is 1.29 bits per heavy atom. The van der Waals surface area contributed by atoms with Gasteiger partial charge >= 0.3 is 0 Å². The molecule has 2 N–H and O–H groups in total. The molecule has 2 unspecified atom stereocenters. The Hall–Kier alpha value is -1.06. The van der Waals surface area contributed by atoms with Gasteiger partial charge in [0.15, 0.2) is 0 Å². The van der Waals surface area contributed by atoms with E-state index < -0.39 is 0 Å². The van der Waals surface area contributed by atoms with Crippen molar-refractivity contribution in [2.75, 3.05) is 20.2 Å². The average Bonchev–Trinajstić information content (AvgIpc) is 2.55. The number of methoxy groups -OCH3 is 1. The van der Waals surface area contributed by atoms with E-state index in [1.54, 1.807) is 7.11 Å². The van der Waals surface area contributed by atoms with E-state index in [9.17, 15) is 0 Å². The highest BCUT2D eigenvalue weighted by Gasteiger charge is 2.29. The third-order valence-electron chi connectivity index (χ3n) is 4.93. The maximum atomic E-state index is 6.46. The van der Waals surface area contributed by atoms with Gasteiger partial charge in [0, 0.05) is 12.1 Å². The highest BCUT2D eigenvalue weighted by Crippen LogP contribution is 2.32. The van der Waals surface area contributed by atoms with Gasteiger partial charge in [-0.2, -0.15) is 0 Å². The third kappa shape index (κ3) is 3.98. The van der Waals surface area contributed by atoms with Crippen LogP contribution in [0.1, 0.15) is 51.1 Å². The van der Waals surface area contributed by atoms with E-state index in [1.165, 1.54) is 24.8 Å². The number of hydrogen-bond donors (Lipinski definition) is 1. The van der Waals surface area contributed by atoms with E-state index >= 15 is 0 Å². The second-order valence-corrected chi connectivity index (χ2v) is 6.18. The molecule has 2 rings (SSSR count). The Morgan fingerprint density at radius 3 is 2.57 bits per heavy atom. The summed E-state index contributed by atoms with van der Waals surface area (Å²) in [4.78, 5) is 2.58. The van der Waals surface area contributed by atoms with Crippen LogP contribution in [0.3, 0.4) is 0 Å². The molecule has 0 saturated carbocycles. The SMILES string of the molecule is CCC1CCN(C(c2cccc(OC)c2)C(N)CC)CC1. The second-order valence-electron chi connectivity index (χ2n) is 6.18. The Morgan fingerprint density at radius 2 is 2.00 bits per heavy atom. The van der Waals surface area contributed by atoms with Crippen LogP contribution in [0.2, 0.25) is 0 Å². The molecule has 0 aliphatic carbocycles. The predicted molar refractivity (Wildman–Crippen MR) is 88.6 cm³/mol. The number of likely N-dealkylation sites (tertiary alicyclic amines) is 1. The molecule has 1 fully saturated rings. The first kappa shape index (κ1) is 16.3. The molecule has 0 bridgehead atoms. The first-order chi connectivity index (χ1) is 10.2. The number of nitrogens with zero attached hydrogens (tertiary/aromatic N) is 1. The summed E-state index contributed by atoms with van der Waals surface area (Å²) in [5, 5.41) is 0. The Bertz CT molecular complexity index is 427. The number of piperidine rings is 1. The zero-order valence-corrected chi connectivity index (χ0v) is 13.7. The largest absolute Gasteiger partial charge is 0.497 e. The normalized spacial score (nSPS) is 20.2. The molecule has 2 atom stereocenters. The summed E-state index contributed by atoms with van der Waals surface area (Å²) in [5.41, 5.74) is 7.75. The summed E-state index contributed by atoms with van der Waals surface area (Å²) < 4.78 is 5.38. The van der Waals surface area contributed by atoms with E-state index in [-0.39, 0.29) is 6.04 Å². The molecule has 1 aliphatic rings. The van der Waals surface area contributed by atoms with Crippen molar-refractivity contribution in [3.63, 3.8) is 0 Å². The van der Waals surface area contributed by atoms with Crippen LogP contribution >= 0.6 is 0 Å². The van der Waals surface area contributed by atoms with Gasteiger partial charge < -0.3 is 10.5 Å². The van der Waals surface area contributed by atoms with Crippen molar-refractivity contribution in [1.29, 1.82) is 0 Å². The van der Waals surface area contributed by atoms with Crippen molar-refractivity contribution in [2.24, 2.45) is 11.7 Å². The van der Waals surface area contributed by atoms with Crippen LogP contribution < -0.4 is 10.5 Å². The van der Waals surface area contributed by atoms with Gasteiger partial charge in [-0.3, -0.25) is 4.90 Å². The van der Waals surface area contributed by atoms with Crippen LogP contribution in [0.15, 0.2) is 24.3 Å². The van der Waals surface area contributed by atoms with Gasteiger partial charge in [0.2, 0.25) is 0 Å². The molecule has 118 valence electrons. The Kier molecular flexibility index (Phi) is 6.07. The van der Waals surface area contributed by atoms with E-state index in [2.05, 4.69) is 36.9 Å². The maximum Gasteiger partial charge on any atom is 0.119 e. The van der Waals surface area contributed by atoms with Crippen LogP contribution in [0.4, 0.5) is 0 Å². The lowest BCUT2D eigenvalue weighted by atomic mass is 9.89. The highest BCUT2D eigenvalue weighted by molar-refractivity contribution is 5.31. The van der Waals surface area contributed by atoms with Crippen LogP contribution in [0.5, 0.6) is 5.75 Å². The standard InChI is InChI=1S/C18H30N2O/c1-4-14-9-11-20(12-10-14)18(17(19)5-2)15-7-6-8-16(13-15)21-3/h6-8,13-14,17-18H,4-5,9-12,19H2,1-3H3. The monoisotopic (exact) mass is 290 g/mol. The second kappa shape index (κ2) is 7.81. The molecule has 0 radical (unpaired) electrons. The smallest absolute Gasteiger partial charge is 0.119 e. The lowest BCUT2D eigenvalue weighted by Gasteiger charge is -2.40. The van der Waals surface area contributed by atoms with Crippen molar-refractivity contribution >= 4 is 0 Å². The van der Waals surface area contributed by atoms with E-state index in [4.69, 9.17) is 10.5 Å². The van der Waals surface area contributed by atoms with E-state index in [0.29, 0.717) is 6.04 Å². The fourth-order valence-electron chi connectivity index (χ4n) is 3.42. The highest BCUT2D eigenvalue weighted by atomic mass is 16.5. The van der Waals surface area contributed by atoms with Crippen molar-refractivity contribution in [2.45, 2.75) is 51.6 Å². The first-order valence-corrected chi connectivity index (χ1v) is 8.33. The van der Waals surface area contributed by atoms with Crippen molar-refractivity contribution in [3.05, 3.63) is 29.8 Å². The maximum absolute atomic E-state index is 6.46. The molecule has 1 heterocycles. The Balaban J connectivity index is 2.18. The summed E-state index contributed by atoms with van der Waals surface area (Å²) in [7, 11) is 1.72. The minimum Gasteiger partial charge on any atom is -0.497 e. The molecule has 21 heavy (non-hydrogen) atoms. The molecule has 1 aliphatic heterocycles. The fourth-order valence-corrected chi connectivity index (χ4v) is 3.42. The summed E-state index contributed by atoms with van der Waals surface area (Å²) in [5.74, 6) is 1.81. The molecular formula is C18H30N2O. The summed E-state index contributed by atoms with van der Waals surface area (Å²) in [6.45, 7) is 6.80. The third-order valence-corrected chi connectivity index (χ3v) is 4.93. The van der Waals surface area contributed by atoms with Gasteiger partial charge in [-0.15, -0.1) is 0 Å². The number of rotatable bonds is 6. The van der Waals surface area contributed by atoms with Crippen molar-refractivity contribution < 1.29 is 4.74 Å². The van der Waals surface area contributed by atoms with Crippen LogP contribution in [0.25, 0.3) is 0 Å². The van der Waals surface area contributed by atoms with E-state index in [0.717, 1.165) is 31.2 Å². The summed E-state index contributed by atoms with van der Waals surface area (Å²) in [6, 6.07) is 8.89. The molecule has 3 nitrogen and oxygen atoms in total. The van der Waals surface area contributed by atoms with Crippen LogP contribution in [0, 0.1) is 5.92 Å². The number of ether oxygens (including phenoxy) is 1. The van der Waals surface area contributed by atoms with Crippen molar-refractivity contribution in [1.82, 2.24) is 4.90 Å². The lowest BCUT2D eigenvalue weighted by Crippen LogP contribution is -2.44. The van der Waals surface area contributed by atoms with Gasteiger partial charge in [-0.1, -0.05) is 32.4 Å². The minimum absolute atomic E-state index is 0.176. The van der Waals surface area contributed by atoms with E-state index in [1.807, 2.05) is 6.07 Å². The molecule has 0 spiro atoms. The molecular weight excluding hydrogens is 260 g/mol. The molecule has 0 amide bonds. The average molecular weight is 290 g/mol. The minimum atomic E-state index is 0.176. The van der Waals surface area contributed by atoms with Gasteiger partial charge in [0.25, 0.3) is 0 Å². The number of nitrogens with two attached hydrogens (primary N) is 1. The zero-order valence-electron chi connectivity index (χ0n) is 13.7. The lowest BCUT2D eigenvalue weighted by molar-refractivity contribution is 0.113. The predicted octanol–water partition coefficient (Wildman–Crippen LogP) is 3.60. The molecule has 3 heteroatoms. The van der Waals surface area contributed by atoms with Crippen LogP contribution in [-0.2, 0) is 0 Å². The van der Waals surface area contributed by atoms with Gasteiger partial charge in [0.1, 0.15) is 5.75 Å². The van der Waals surface area contributed by atoms with Gasteiger partial charge in [-0.25, -0.2) is 0 Å². The summed E-state index contributed by atoms with van der Waals surface area (Å²) in [6.07, 6.45) is 4.90. The fraction of sp³-hybridized carbons (Fsp3) is 0.667. The number of benzene rings is 1. The zero-order chi connectivity index (χ0) is 15.2.